The summed E-state index contributed by atoms with van der Waals surface area (Å²) in [6.45, 7) is 5.58. The molecule has 0 aromatic carbocycles. The highest BCUT2D eigenvalue weighted by atomic mass is 16.2. The van der Waals surface area contributed by atoms with Crippen molar-refractivity contribution in [2.75, 3.05) is 5.32 Å². The molecule has 1 aliphatic carbocycles. The summed E-state index contributed by atoms with van der Waals surface area (Å²) in [5.41, 5.74) is 0.418. The first kappa shape index (κ1) is 16.2. The summed E-state index contributed by atoms with van der Waals surface area (Å²) in [7, 11) is 0. The molecular weight excluding hydrogens is 310 g/mol. The average Bonchev–Trinajstić information content (AvgIpc) is 3.29. The molecule has 0 spiro atoms. The van der Waals surface area contributed by atoms with Crippen LogP contribution in [0.3, 0.4) is 0 Å². The average molecular weight is 331 g/mol. The van der Waals surface area contributed by atoms with Crippen molar-refractivity contribution in [2.45, 2.75) is 46.1 Å². The van der Waals surface area contributed by atoms with Gasteiger partial charge in [0.2, 0.25) is 5.91 Å². The largest absolute Gasteiger partial charge is 0.325 e. The maximum absolute atomic E-state index is 12.4. The minimum Gasteiger partial charge on any atom is -0.311 e. The predicted molar refractivity (Wildman–Crippen MR) is 89.2 cm³/mol. The van der Waals surface area contributed by atoms with Gasteiger partial charge in [-0.05, 0) is 39.5 Å². The number of anilines is 1. The first-order chi connectivity index (χ1) is 11.4. The van der Waals surface area contributed by atoms with E-state index in [2.05, 4.69) is 27.3 Å². The lowest BCUT2D eigenvalue weighted by molar-refractivity contribution is -0.115. The summed E-state index contributed by atoms with van der Waals surface area (Å²) in [5.74, 6) is 0.950. The third kappa shape index (κ3) is 3.17. The van der Waals surface area contributed by atoms with Gasteiger partial charge in [0.1, 0.15) is 5.82 Å². The van der Waals surface area contributed by atoms with Crippen LogP contribution in [0, 0.1) is 19.8 Å². The van der Waals surface area contributed by atoms with Crippen LogP contribution < -0.4 is 16.6 Å². The van der Waals surface area contributed by atoms with Crippen LogP contribution in [-0.2, 0) is 11.2 Å². The third-order valence-corrected chi connectivity index (χ3v) is 4.52. The van der Waals surface area contributed by atoms with Crippen molar-refractivity contribution in [3.63, 3.8) is 0 Å². The summed E-state index contributed by atoms with van der Waals surface area (Å²) >= 11 is 0. The number of aromatic nitrogens is 4. The number of aryl methyl sites for hydroxylation is 2. The van der Waals surface area contributed by atoms with Crippen molar-refractivity contribution in [2.24, 2.45) is 5.92 Å². The number of carbonyl (C=O) groups is 1. The van der Waals surface area contributed by atoms with Crippen LogP contribution in [-0.4, -0.2) is 25.7 Å². The third-order valence-electron chi connectivity index (χ3n) is 4.52. The van der Waals surface area contributed by atoms with E-state index in [-0.39, 0.29) is 23.9 Å². The lowest BCUT2D eigenvalue weighted by atomic mass is 10.1. The molecule has 3 rings (SSSR count). The monoisotopic (exact) mass is 331 g/mol. The standard InChI is InChI=1S/C16H21N5O3/c1-8-7-17-21(10(3)11-4-5-11)14(8)19-13(22)6-12-9(2)18-16(24)20-15(12)23/h7,10-11H,4-6H2,1-3H3,(H,19,22)(H2,18,20,23,24)/t10-/m0/s1. The Morgan fingerprint density at radius 1 is 1.38 bits per heavy atom. The lowest BCUT2D eigenvalue weighted by Crippen LogP contribution is -2.30. The predicted octanol–water partition coefficient (Wildman–Crippen LogP) is 1.03. The van der Waals surface area contributed by atoms with Crippen molar-refractivity contribution in [3.8, 4) is 0 Å². The molecule has 8 nitrogen and oxygen atoms in total. The van der Waals surface area contributed by atoms with E-state index in [1.165, 1.54) is 12.8 Å². The molecule has 128 valence electrons. The quantitative estimate of drug-likeness (QED) is 0.759. The number of nitrogens with one attached hydrogen (secondary N) is 3. The summed E-state index contributed by atoms with van der Waals surface area (Å²) in [6.07, 6.45) is 3.98. The van der Waals surface area contributed by atoms with Gasteiger partial charge < -0.3 is 10.3 Å². The number of hydrogen-bond donors (Lipinski definition) is 3. The minimum atomic E-state index is -0.575. The van der Waals surface area contributed by atoms with Crippen LogP contribution in [0.2, 0.25) is 0 Å². The molecule has 0 aliphatic heterocycles. The second kappa shape index (κ2) is 6.10. The molecule has 2 aromatic rings. The van der Waals surface area contributed by atoms with E-state index in [0.717, 1.165) is 5.56 Å². The molecule has 2 aromatic heterocycles. The van der Waals surface area contributed by atoms with Crippen molar-refractivity contribution in [3.05, 3.63) is 43.9 Å². The number of carbonyl (C=O) groups excluding carboxylic acids is 1. The first-order valence-corrected chi connectivity index (χ1v) is 8.03. The van der Waals surface area contributed by atoms with Crippen LogP contribution in [0.4, 0.5) is 5.82 Å². The molecule has 0 bridgehead atoms. The molecule has 0 radical (unpaired) electrons. The normalized spacial score (nSPS) is 15.3. The minimum absolute atomic E-state index is 0.111. The molecule has 8 heteroatoms. The van der Waals surface area contributed by atoms with Crippen LogP contribution in [0.1, 0.15) is 42.6 Å². The van der Waals surface area contributed by atoms with E-state index in [0.29, 0.717) is 17.4 Å². The van der Waals surface area contributed by atoms with Gasteiger partial charge in [-0.15, -0.1) is 0 Å². The SMILES string of the molecule is Cc1cnn([C@@H](C)C2CC2)c1NC(=O)Cc1c(C)[nH]c(=O)[nH]c1=O. The summed E-state index contributed by atoms with van der Waals surface area (Å²) in [4.78, 5) is 40.1. The van der Waals surface area contributed by atoms with E-state index < -0.39 is 11.2 Å². The molecular formula is C16H21N5O3. The highest BCUT2D eigenvalue weighted by Crippen LogP contribution is 2.40. The number of hydrogen-bond acceptors (Lipinski definition) is 4. The van der Waals surface area contributed by atoms with Crippen LogP contribution in [0.25, 0.3) is 0 Å². The lowest BCUT2D eigenvalue weighted by Gasteiger charge is -2.16. The van der Waals surface area contributed by atoms with Gasteiger partial charge in [0.25, 0.3) is 5.56 Å². The highest BCUT2D eigenvalue weighted by Gasteiger charge is 2.31. The molecule has 1 aliphatic rings. The molecule has 0 unspecified atom stereocenters. The van der Waals surface area contributed by atoms with Gasteiger partial charge in [-0.3, -0.25) is 14.6 Å². The Bertz CT molecular complexity index is 888. The van der Waals surface area contributed by atoms with E-state index in [9.17, 15) is 14.4 Å². The van der Waals surface area contributed by atoms with Crippen molar-refractivity contribution in [1.29, 1.82) is 0 Å². The fraction of sp³-hybridized carbons (Fsp3) is 0.500. The number of aromatic amines is 2. The molecule has 3 N–H and O–H groups in total. The van der Waals surface area contributed by atoms with E-state index in [1.54, 1.807) is 13.1 Å². The van der Waals surface area contributed by atoms with Gasteiger partial charge in [-0.25, -0.2) is 9.48 Å². The smallest absolute Gasteiger partial charge is 0.311 e. The molecule has 1 saturated carbocycles. The van der Waals surface area contributed by atoms with Gasteiger partial charge in [-0.1, -0.05) is 0 Å². The van der Waals surface area contributed by atoms with Gasteiger partial charge in [0.05, 0.1) is 18.7 Å². The van der Waals surface area contributed by atoms with Crippen molar-refractivity contribution in [1.82, 2.24) is 19.7 Å². The topological polar surface area (TPSA) is 113 Å². The molecule has 1 amide bonds. The maximum atomic E-state index is 12.4. The fourth-order valence-electron chi connectivity index (χ4n) is 2.87. The summed E-state index contributed by atoms with van der Waals surface area (Å²) in [5, 5.41) is 7.23. The van der Waals surface area contributed by atoms with Crippen molar-refractivity contribution >= 4 is 11.7 Å². The number of amides is 1. The Morgan fingerprint density at radius 2 is 2.08 bits per heavy atom. The van der Waals surface area contributed by atoms with Gasteiger partial charge >= 0.3 is 5.69 Å². The Hall–Kier alpha value is -2.64. The fourth-order valence-corrected chi connectivity index (χ4v) is 2.87. The van der Waals surface area contributed by atoms with Crippen LogP contribution >= 0.6 is 0 Å². The second-order valence-corrected chi connectivity index (χ2v) is 6.44. The zero-order valence-electron chi connectivity index (χ0n) is 14.0. The Labute approximate surface area is 138 Å². The Kier molecular flexibility index (Phi) is 4.13. The highest BCUT2D eigenvalue weighted by molar-refractivity contribution is 5.92. The van der Waals surface area contributed by atoms with Crippen LogP contribution in [0.15, 0.2) is 15.8 Å². The molecule has 0 saturated heterocycles. The Balaban J connectivity index is 1.80. The number of rotatable bonds is 5. The zero-order chi connectivity index (χ0) is 17.4. The zero-order valence-corrected chi connectivity index (χ0v) is 14.0. The number of nitrogens with zero attached hydrogens (tertiary/aromatic N) is 2. The molecule has 1 fully saturated rings. The maximum Gasteiger partial charge on any atom is 0.325 e. The van der Waals surface area contributed by atoms with E-state index in [1.807, 2.05) is 11.6 Å². The van der Waals surface area contributed by atoms with Crippen LogP contribution in [0.5, 0.6) is 0 Å². The first-order valence-electron chi connectivity index (χ1n) is 8.03. The van der Waals surface area contributed by atoms with E-state index >= 15 is 0 Å². The van der Waals surface area contributed by atoms with Gasteiger partial charge in [0, 0.05) is 16.8 Å². The van der Waals surface area contributed by atoms with E-state index in [4.69, 9.17) is 0 Å². The Morgan fingerprint density at radius 3 is 2.71 bits per heavy atom. The molecule has 1 atom stereocenters. The molecule has 24 heavy (non-hydrogen) atoms. The van der Waals surface area contributed by atoms with Gasteiger partial charge in [0.15, 0.2) is 0 Å². The van der Waals surface area contributed by atoms with Crippen molar-refractivity contribution < 1.29 is 4.79 Å². The summed E-state index contributed by atoms with van der Waals surface area (Å²) < 4.78 is 1.84. The number of H-pyrrole nitrogens is 2. The van der Waals surface area contributed by atoms with Gasteiger partial charge in [-0.2, -0.15) is 5.10 Å². The summed E-state index contributed by atoms with van der Waals surface area (Å²) in [6, 6.07) is 0.229. The molecule has 2 heterocycles. The second-order valence-electron chi connectivity index (χ2n) is 6.44.